The van der Waals surface area contributed by atoms with Gasteiger partial charge in [0.15, 0.2) is 10.5 Å². The fourth-order valence-corrected chi connectivity index (χ4v) is 1.58. The van der Waals surface area contributed by atoms with Crippen LogP contribution in [0.4, 0.5) is 0 Å². The van der Waals surface area contributed by atoms with Crippen LogP contribution in [0, 0.1) is 0 Å². The highest BCUT2D eigenvalue weighted by Gasteiger charge is 2.18. The maximum absolute atomic E-state index is 11.8. The fourth-order valence-electron chi connectivity index (χ4n) is 1.16. The number of carbonyl (C=O) groups excluding carboxylic acids is 1. The van der Waals surface area contributed by atoms with Crippen LogP contribution in [0.1, 0.15) is 16.2 Å². The predicted molar refractivity (Wildman–Crippen MR) is 53.0 cm³/mol. The number of ketones is 1. The van der Waals surface area contributed by atoms with Crippen molar-refractivity contribution in [2.75, 3.05) is 0 Å². The molecule has 0 saturated carbocycles. The van der Waals surface area contributed by atoms with Crippen molar-refractivity contribution in [3.05, 3.63) is 40.8 Å². The highest BCUT2D eigenvalue weighted by Crippen LogP contribution is 2.20. The number of furan rings is 1. The van der Waals surface area contributed by atoms with E-state index in [0.29, 0.717) is 16.1 Å². The monoisotopic (exact) mass is 254 g/mol. The first-order chi connectivity index (χ1) is 6.70. The Kier molecular flexibility index (Phi) is 2.25. The highest BCUT2D eigenvalue weighted by atomic mass is 79.9. The number of rotatable bonds is 2. The molecule has 0 amide bonds. The van der Waals surface area contributed by atoms with E-state index in [1.807, 2.05) is 0 Å². The van der Waals surface area contributed by atoms with Crippen molar-refractivity contribution in [1.82, 2.24) is 9.55 Å². The largest absolute Gasteiger partial charge is 0.457 e. The molecule has 0 bridgehead atoms. The number of aromatic nitrogens is 2. The molecule has 2 aromatic rings. The Morgan fingerprint density at radius 2 is 2.43 bits per heavy atom. The third-order valence-electron chi connectivity index (χ3n) is 1.89. The molecule has 2 aromatic heterocycles. The van der Waals surface area contributed by atoms with Crippen LogP contribution < -0.4 is 0 Å². The highest BCUT2D eigenvalue weighted by molar-refractivity contribution is 9.10. The van der Waals surface area contributed by atoms with E-state index in [1.165, 1.54) is 6.26 Å². The zero-order chi connectivity index (χ0) is 10.1. The summed E-state index contributed by atoms with van der Waals surface area (Å²) < 4.78 is 7.09. The van der Waals surface area contributed by atoms with Gasteiger partial charge in [-0.25, -0.2) is 4.98 Å². The molecule has 0 fully saturated rings. The topological polar surface area (TPSA) is 48.0 Å². The molecule has 0 aliphatic rings. The lowest BCUT2D eigenvalue weighted by Crippen LogP contribution is -2.08. The molecule has 0 unspecified atom stereocenters. The van der Waals surface area contributed by atoms with Gasteiger partial charge in [-0.3, -0.25) is 4.79 Å². The van der Waals surface area contributed by atoms with Gasteiger partial charge in [-0.05, 0) is 22.0 Å². The van der Waals surface area contributed by atoms with Gasteiger partial charge >= 0.3 is 0 Å². The van der Waals surface area contributed by atoms with E-state index in [9.17, 15) is 4.79 Å². The Morgan fingerprint density at radius 1 is 1.64 bits per heavy atom. The van der Waals surface area contributed by atoms with Crippen LogP contribution >= 0.6 is 15.9 Å². The average Bonchev–Trinajstić information content (AvgIpc) is 2.73. The first kappa shape index (κ1) is 9.21. The molecule has 14 heavy (non-hydrogen) atoms. The summed E-state index contributed by atoms with van der Waals surface area (Å²) >= 11 is 3.15. The molecule has 0 aliphatic heterocycles. The molecule has 0 aliphatic carbocycles. The molecule has 5 heteroatoms. The summed E-state index contributed by atoms with van der Waals surface area (Å²) in [6.45, 7) is 0. The van der Waals surface area contributed by atoms with Gasteiger partial charge in [-0.2, -0.15) is 0 Å². The Morgan fingerprint density at radius 3 is 2.93 bits per heavy atom. The lowest BCUT2D eigenvalue weighted by molar-refractivity contribution is 0.102. The summed E-state index contributed by atoms with van der Waals surface area (Å²) in [4.78, 5) is 15.8. The standard InChI is InChI=1S/C9H7BrN2O2/c1-12-4-3-11-9(12)7(13)6-2-5-14-8(6)10/h2-5H,1H3. The lowest BCUT2D eigenvalue weighted by Gasteiger charge is -1.98. The predicted octanol–water partition coefficient (Wildman–Crippen LogP) is 2.01. The maximum atomic E-state index is 11.8. The molecular formula is C9H7BrN2O2. The smallest absolute Gasteiger partial charge is 0.232 e. The van der Waals surface area contributed by atoms with Crippen molar-refractivity contribution in [3.8, 4) is 0 Å². The first-order valence-electron chi connectivity index (χ1n) is 3.95. The summed E-state index contributed by atoms with van der Waals surface area (Å²) in [5.74, 6) is 0.241. The van der Waals surface area contributed by atoms with E-state index >= 15 is 0 Å². The summed E-state index contributed by atoms with van der Waals surface area (Å²) in [6.07, 6.45) is 4.77. The number of hydrogen-bond acceptors (Lipinski definition) is 3. The quantitative estimate of drug-likeness (QED) is 0.771. The van der Waals surface area contributed by atoms with E-state index in [2.05, 4.69) is 20.9 Å². The Balaban J connectivity index is 2.44. The van der Waals surface area contributed by atoms with E-state index < -0.39 is 0 Å². The second-order valence-corrected chi connectivity index (χ2v) is 3.52. The third kappa shape index (κ3) is 1.39. The number of imidazole rings is 1. The lowest BCUT2D eigenvalue weighted by atomic mass is 10.2. The van der Waals surface area contributed by atoms with E-state index in [1.54, 1.807) is 30.1 Å². The van der Waals surface area contributed by atoms with Crippen LogP contribution in [0.2, 0.25) is 0 Å². The van der Waals surface area contributed by atoms with Crippen LogP contribution in [0.3, 0.4) is 0 Å². The van der Waals surface area contributed by atoms with Gasteiger partial charge in [-0.1, -0.05) is 0 Å². The van der Waals surface area contributed by atoms with Crippen molar-refractivity contribution in [2.45, 2.75) is 0 Å². The van der Waals surface area contributed by atoms with Crippen molar-refractivity contribution in [2.24, 2.45) is 7.05 Å². The normalized spacial score (nSPS) is 10.4. The van der Waals surface area contributed by atoms with E-state index in [0.717, 1.165) is 0 Å². The van der Waals surface area contributed by atoms with Gasteiger partial charge in [0, 0.05) is 19.4 Å². The average molecular weight is 255 g/mol. The Bertz CT molecular complexity index is 430. The maximum Gasteiger partial charge on any atom is 0.232 e. The fraction of sp³-hybridized carbons (Fsp3) is 0.111. The summed E-state index contributed by atoms with van der Waals surface area (Å²) in [7, 11) is 1.77. The third-order valence-corrected chi connectivity index (χ3v) is 2.50. The second-order valence-electron chi connectivity index (χ2n) is 2.80. The van der Waals surface area contributed by atoms with Gasteiger partial charge in [-0.15, -0.1) is 0 Å². The van der Waals surface area contributed by atoms with Crippen molar-refractivity contribution in [3.63, 3.8) is 0 Å². The minimum Gasteiger partial charge on any atom is -0.457 e. The molecular weight excluding hydrogens is 248 g/mol. The molecule has 2 rings (SSSR count). The number of hydrogen-bond donors (Lipinski definition) is 0. The zero-order valence-corrected chi connectivity index (χ0v) is 8.98. The molecule has 2 heterocycles. The minimum absolute atomic E-state index is 0.155. The first-order valence-corrected chi connectivity index (χ1v) is 4.74. The Hall–Kier alpha value is -1.36. The van der Waals surface area contributed by atoms with Crippen LogP contribution in [-0.2, 0) is 7.05 Å². The van der Waals surface area contributed by atoms with Crippen molar-refractivity contribution >= 4 is 21.7 Å². The Labute approximate surface area is 88.7 Å². The van der Waals surface area contributed by atoms with Crippen LogP contribution in [-0.4, -0.2) is 15.3 Å². The molecule has 0 N–H and O–H groups in total. The van der Waals surface area contributed by atoms with Gasteiger partial charge in [0.25, 0.3) is 0 Å². The molecule has 0 saturated heterocycles. The molecule has 0 spiro atoms. The van der Waals surface area contributed by atoms with Gasteiger partial charge in [0.05, 0.1) is 11.8 Å². The van der Waals surface area contributed by atoms with Crippen LogP contribution in [0.25, 0.3) is 0 Å². The zero-order valence-electron chi connectivity index (χ0n) is 7.40. The summed E-state index contributed by atoms with van der Waals surface area (Å²) in [5.41, 5.74) is 0.485. The number of carbonyl (C=O) groups is 1. The molecule has 0 aromatic carbocycles. The van der Waals surface area contributed by atoms with Crippen molar-refractivity contribution < 1.29 is 9.21 Å². The number of nitrogens with zero attached hydrogens (tertiary/aromatic N) is 2. The van der Waals surface area contributed by atoms with Gasteiger partial charge < -0.3 is 8.98 Å². The van der Waals surface area contributed by atoms with Crippen molar-refractivity contribution in [1.29, 1.82) is 0 Å². The van der Waals surface area contributed by atoms with Crippen LogP contribution in [0.5, 0.6) is 0 Å². The molecule has 0 radical (unpaired) electrons. The SMILES string of the molecule is Cn1ccnc1C(=O)c1ccoc1Br. The van der Waals surface area contributed by atoms with E-state index in [-0.39, 0.29) is 5.78 Å². The minimum atomic E-state index is -0.155. The van der Waals surface area contributed by atoms with E-state index in [4.69, 9.17) is 4.42 Å². The van der Waals surface area contributed by atoms with Gasteiger partial charge in [0.1, 0.15) is 0 Å². The second kappa shape index (κ2) is 3.42. The summed E-state index contributed by atoms with van der Waals surface area (Å²) in [5, 5.41) is 0. The van der Waals surface area contributed by atoms with Crippen LogP contribution in [0.15, 0.2) is 33.8 Å². The molecule has 4 nitrogen and oxygen atoms in total. The number of aryl methyl sites for hydroxylation is 1. The molecule has 72 valence electrons. The van der Waals surface area contributed by atoms with Gasteiger partial charge in [0.2, 0.25) is 5.78 Å². The number of halogens is 1. The summed E-state index contributed by atoms with van der Waals surface area (Å²) in [6, 6.07) is 1.61. The molecule has 0 atom stereocenters.